The summed E-state index contributed by atoms with van der Waals surface area (Å²) in [6.45, 7) is 1.18. The number of carboxylic acids is 1. The normalized spacial score (nSPS) is 9.69. The van der Waals surface area contributed by atoms with Gasteiger partial charge >= 0.3 is 5.97 Å². The van der Waals surface area contributed by atoms with E-state index in [0.717, 1.165) is 11.3 Å². The molecular weight excluding hydrogens is 226 g/mol. The van der Waals surface area contributed by atoms with Gasteiger partial charge in [-0.25, -0.2) is 9.78 Å². The molecule has 0 unspecified atom stereocenters. The quantitative estimate of drug-likeness (QED) is 0.761. The molecule has 1 aromatic rings. The third-order valence-corrected chi connectivity index (χ3v) is 2.51. The SMILES string of the molecule is CN(C)CC#CCNc1ncc(C(=O)O)s1. The minimum Gasteiger partial charge on any atom is -0.477 e. The number of carbonyl (C=O) groups is 1. The van der Waals surface area contributed by atoms with Gasteiger partial charge in [-0.15, -0.1) is 0 Å². The first kappa shape index (κ1) is 12.5. The third-order valence-electron chi connectivity index (χ3n) is 1.56. The van der Waals surface area contributed by atoms with E-state index in [2.05, 4.69) is 22.1 Å². The van der Waals surface area contributed by atoms with Crippen LogP contribution in [0.5, 0.6) is 0 Å². The van der Waals surface area contributed by atoms with Crippen LogP contribution in [0.3, 0.4) is 0 Å². The number of aromatic carboxylic acids is 1. The smallest absolute Gasteiger partial charge is 0.347 e. The molecule has 6 heteroatoms. The average molecular weight is 239 g/mol. The van der Waals surface area contributed by atoms with Gasteiger partial charge in [-0.3, -0.25) is 4.90 Å². The predicted octanol–water partition coefficient (Wildman–Crippen LogP) is 0.818. The zero-order valence-corrected chi connectivity index (χ0v) is 9.97. The van der Waals surface area contributed by atoms with Crippen LogP contribution in [0, 0.1) is 11.8 Å². The Morgan fingerprint density at radius 2 is 2.38 bits per heavy atom. The Bertz CT molecular complexity index is 417. The molecule has 0 aliphatic heterocycles. The zero-order valence-electron chi connectivity index (χ0n) is 9.15. The van der Waals surface area contributed by atoms with E-state index in [9.17, 15) is 4.79 Å². The van der Waals surface area contributed by atoms with E-state index in [0.29, 0.717) is 18.2 Å². The van der Waals surface area contributed by atoms with Crippen LogP contribution in [0.4, 0.5) is 5.13 Å². The summed E-state index contributed by atoms with van der Waals surface area (Å²) in [6.07, 6.45) is 1.34. The van der Waals surface area contributed by atoms with Gasteiger partial charge in [0.05, 0.1) is 19.3 Å². The first-order valence-electron chi connectivity index (χ1n) is 4.63. The van der Waals surface area contributed by atoms with Gasteiger partial charge < -0.3 is 10.4 Å². The molecule has 0 atom stereocenters. The molecule has 0 fully saturated rings. The molecule has 0 radical (unpaired) electrons. The lowest BCUT2D eigenvalue weighted by molar-refractivity contribution is 0.0702. The van der Waals surface area contributed by atoms with Crippen molar-refractivity contribution in [1.29, 1.82) is 0 Å². The number of nitrogens with one attached hydrogen (secondary N) is 1. The van der Waals surface area contributed by atoms with Crippen molar-refractivity contribution in [3.63, 3.8) is 0 Å². The molecule has 2 N–H and O–H groups in total. The molecule has 16 heavy (non-hydrogen) atoms. The Morgan fingerprint density at radius 3 is 2.94 bits per heavy atom. The van der Waals surface area contributed by atoms with Gasteiger partial charge in [0.1, 0.15) is 4.88 Å². The minimum atomic E-state index is -0.954. The van der Waals surface area contributed by atoms with Crippen molar-refractivity contribution in [2.45, 2.75) is 0 Å². The fourth-order valence-electron chi connectivity index (χ4n) is 0.851. The second kappa shape index (κ2) is 6.10. The maximum atomic E-state index is 10.6. The van der Waals surface area contributed by atoms with Crippen molar-refractivity contribution in [1.82, 2.24) is 9.88 Å². The number of aromatic nitrogens is 1. The molecule has 0 spiro atoms. The van der Waals surface area contributed by atoms with Crippen LogP contribution in [0.1, 0.15) is 9.67 Å². The van der Waals surface area contributed by atoms with Crippen LogP contribution in [0.25, 0.3) is 0 Å². The lowest BCUT2D eigenvalue weighted by Crippen LogP contribution is -2.11. The van der Waals surface area contributed by atoms with E-state index < -0.39 is 5.97 Å². The van der Waals surface area contributed by atoms with Crippen molar-refractivity contribution in [2.24, 2.45) is 0 Å². The lowest BCUT2D eigenvalue weighted by atomic mass is 10.5. The largest absolute Gasteiger partial charge is 0.477 e. The van der Waals surface area contributed by atoms with Gasteiger partial charge in [0, 0.05) is 0 Å². The number of nitrogens with zero attached hydrogens (tertiary/aromatic N) is 2. The van der Waals surface area contributed by atoms with Crippen molar-refractivity contribution in [3.05, 3.63) is 11.1 Å². The minimum absolute atomic E-state index is 0.226. The Kier molecular flexibility index (Phi) is 4.76. The molecule has 0 aliphatic carbocycles. The van der Waals surface area contributed by atoms with Gasteiger partial charge in [-0.1, -0.05) is 23.2 Å². The summed E-state index contributed by atoms with van der Waals surface area (Å²) in [5.41, 5.74) is 0. The fraction of sp³-hybridized carbons (Fsp3) is 0.400. The summed E-state index contributed by atoms with van der Waals surface area (Å²) in [5, 5.41) is 12.2. The van der Waals surface area contributed by atoms with Gasteiger partial charge in [0.25, 0.3) is 0 Å². The van der Waals surface area contributed by atoms with Crippen molar-refractivity contribution in [3.8, 4) is 11.8 Å². The molecular formula is C10H13N3O2S. The van der Waals surface area contributed by atoms with Gasteiger partial charge in [-0.2, -0.15) is 0 Å². The van der Waals surface area contributed by atoms with Crippen LogP contribution in [0.15, 0.2) is 6.20 Å². The second-order valence-electron chi connectivity index (χ2n) is 3.28. The lowest BCUT2D eigenvalue weighted by Gasteiger charge is -2.00. The van der Waals surface area contributed by atoms with E-state index in [-0.39, 0.29) is 4.88 Å². The molecule has 0 amide bonds. The number of rotatable bonds is 4. The molecule has 0 saturated carbocycles. The second-order valence-corrected chi connectivity index (χ2v) is 4.31. The van der Waals surface area contributed by atoms with Crippen LogP contribution in [-0.4, -0.2) is 48.1 Å². The van der Waals surface area contributed by atoms with Gasteiger partial charge in [0.2, 0.25) is 0 Å². The Labute approximate surface area is 98.1 Å². The van der Waals surface area contributed by atoms with Crippen LogP contribution >= 0.6 is 11.3 Å². The van der Waals surface area contributed by atoms with E-state index in [4.69, 9.17) is 5.11 Å². The summed E-state index contributed by atoms with van der Waals surface area (Å²) < 4.78 is 0. The highest BCUT2D eigenvalue weighted by Crippen LogP contribution is 2.17. The maximum absolute atomic E-state index is 10.6. The highest BCUT2D eigenvalue weighted by Gasteiger charge is 2.06. The van der Waals surface area contributed by atoms with Crippen LogP contribution < -0.4 is 5.32 Å². The molecule has 5 nitrogen and oxygen atoms in total. The highest BCUT2D eigenvalue weighted by atomic mass is 32.1. The van der Waals surface area contributed by atoms with Crippen molar-refractivity contribution in [2.75, 3.05) is 32.5 Å². The maximum Gasteiger partial charge on any atom is 0.347 e. The average Bonchev–Trinajstić information content (AvgIpc) is 2.65. The summed E-state index contributed by atoms with van der Waals surface area (Å²) >= 11 is 1.11. The highest BCUT2D eigenvalue weighted by molar-refractivity contribution is 7.17. The Hall–Kier alpha value is -1.58. The molecule has 0 bridgehead atoms. The monoisotopic (exact) mass is 239 g/mol. The fourth-order valence-corrected chi connectivity index (χ4v) is 1.50. The van der Waals surface area contributed by atoms with E-state index in [1.807, 2.05) is 19.0 Å². The van der Waals surface area contributed by atoms with Crippen LogP contribution in [-0.2, 0) is 0 Å². The van der Waals surface area contributed by atoms with Crippen molar-refractivity contribution < 1.29 is 9.90 Å². The standard InChI is InChI=1S/C10H13N3O2S/c1-13(2)6-4-3-5-11-10-12-7-8(16-10)9(14)15/h7H,5-6H2,1-2H3,(H,11,12)(H,14,15). The molecule has 0 aromatic carbocycles. The Balaban J connectivity index is 2.36. The molecule has 1 rings (SSSR count). The summed E-state index contributed by atoms with van der Waals surface area (Å²) in [7, 11) is 3.89. The predicted molar refractivity (Wildman–Crippen MR) is 63.9 cm³/mol. The van der Waals surface area contributed by atoms with Gasteiger partial charge in [-0.05, 0) is 14.1 Å². The number of hydrogen-bond acceptors (Lipinski definition) is 5. The Morgan fingerprint density at radius 1 is 1.62 bits per heavy atom. The topological polar surface area (TPSA) is 65.5 Å². The summed E-state index contributed by atoms with van der Waals surface area (Å²) in [4.78, 5) is 16.7. The number of thiazole rings is 1. The molecule has 1 aromatic heterocycles. The molecule has 86 valence electrons. The number of anilines is 1. The molecule has 0 aliphatic rings. The first-order chi connectivity index (χ1) is 7.59. The summed E-state index contributed by atoms with van der Waals surface area (Å²) in [6, 6.07) is 0. The van der Waals surface area contributed by atoms with Gasteiger partial charge in [0.15, 0.2) is 5.13 Å². The third kappa shape index (κ3) is 4.29. The van der Waals surface area contributed by atoms with Crippen molar-refractivity contribution >= 4 is 22.4 Å². The van der Waals surface area contributed by atoms with E-state index in [1.165, 1.54) is 6.20 Å². The molecule has 0 saturated heterocycles. The summed E-state index contributed by atoms with van der Waals surface area (Å²) in [5.74, 6) is 4.92. The number of carboxylic acid groups (broad SMARTS) is 1. The zero-order chi connectivity index (χ0) is 12.0. The van der Waals surface area contributed by atoms with E-state index >= 15 is 0 Å². The van der Waals surface area contributed by atoms with Crippen LogP contribution in [0.2, 0.25) is 0 Å². The first-order valence-corrected chi connectivity index (χ1v) is 5.44. The van der Waals surface area contributed by atoms with E-state index in [1.54, 1.807) is 0 Å². The number of hydrogen-bond donors (Lipinski definition) is 2. The molecule has 1 heterocycles.